The third-order valence-electron chi connectivity index (χ3n) is 3.39. The van der Waals surface area contributed by atoms with E-state index < -0.39 is 0 Å². The largest absolute Gasteiger partial charge is 0.388 e. The predicted octanol–water partition coefficient (Wildman–Crippen LogP) is 2.47. The van der Waals surface area contributed by atoms with Gasteiger partial charge in [-0.2, -0.15) is 0 Å². The molecule has 0 unspecified atom stereocenters. The third-order valence-corrected chi connectivity index (χ3v) is 3.39. The van der Waals surface area contributed by atoms with Crippen LogP contribution in [-0.4, -0.2) is 32.0 Å². The highest BCUT2D eigenvalue weighted by molar-refractivity contribution is 5.77. The first-order valence-electron chi connectivity index (χ1n) is 7.12. The second-order valence-corrected chi connectivity index (χ2v) is 5.01. The van der Waals surface area contributed by atoms with Gasteiger partial charge in [-0.25, -0.2) is 0 Å². The van der Waals surface area contributed by atoms with Crippen molar-refractivity contribution in [1.82, 2.24) is 0 Å². The Hall–Kier alpha value is -1.71. The smallest absolute Gasteiger partial charge is 0.0905 e. The van der Waals surface area contributed by atoms with E-state index in [-0.39, 0.29) is 0 Å². The summed E-state index contributed by atoms with van der Waals surface area (Å²) in [5.41, 5.74) is 8.11. The monoisotopic (exact) mass is 260 g/mol. The molecule has 19 heavy (non-hydrogen) atoms. The van der Waals surface area contributed by atoms with E-state index in [4.69, 9.17) is 5.73 Å². The highest BCUT2D eigenvalue weighted by Crippen LogP contribution is 2.28. The molecule has 4 nitrogen and oxygen atoms in total. The van der Waals surface area contributed by atoms with Crippen molar-refractivity contribution in [3.8, 4) is 0 Å². The summed E-state index contributed by atoms with van der Waals surface area (Å²) < 4.78 is 0. The number of aliphatic imine (C=N–C) groups is 1. The molecule has 0 fully saturated rings. The summed E-state index contributed by atoms with van der Waals surface area (Å²) in [4.78, 5) is 6.69. The van der Waals surface area contributed by atoms with Crippen LogP contribution in [0.2, 0.25) is 0 Å². The van der Waals surface area contributed by atoms with Crippen LogP contribution >= 0.6 is 0 Å². The predicted molar refractivity (Wildman–Crippen MR) is 83.2 cm³/mol. The molecule has 0 saturated carbocycles. The zero-order valence-electron chi connectivity index (χ0n) is 11.7. The van der Waals surface area contributed by atoms with Crippen molar-refractivity contribution in [3.63, 3.8) is 0 Å². The van der Waals surface area contributed by atoms with Crippen molar-refractivity contribution >= 4 is 17.2 Å². The number of nitrogens with zero attached hydrogens (tertiary/aromatic N) is 2. The summed E-state index contributed by atoms with van der Waals surface area (Å²) in [6.45, 7) is 5.97. The van der Waals surface area contributed by atoms with Crippen LogP contribution in [0, 0.1) is 0 Å². The van der Waals surface area contributed by atoms with Crippen molar-refractivity contribution in [1.29, 1.82) is 0 Å². The van der Waals surface area contributed by atoms with Crippen LogP contribution in [0.15, 0.2) is 29.3 Å². The van der Waals surface area contributed by atoms with Crippen LogP contribution in [0.25, 0.3) is 0 Å². The molecule has 0 saturated heterocycles. The Balaban J connectivity index is 1.74. The first kappa shape index (κ1) is 13.7. The Morgan fingerprint density at radius 1 is 1.32 bits per heavy atom. The first-order chi connectivity index (χ1) is 9.27. The van der Waals surface area contributed by atoms with E-state index in [1.165, 1.54) is 24.2 Å². The number of anilines is 2. The summed E-state index contributed by atoms with van der Waals surface area (Å²) in [6.07, 6.45) is 3.55. The van der Waals surface area contributed by atoms with Crippen LogP contribution in [0.1, 0.15) is 26.2 Å². The number of fused-ring (bicyclic) bond motifs is 1. The number of nitrogens with two attached hydrogens (primary N) is 1. The standard InChI is InChI=1S/C15H24N4/c1-13(16)17-9-5-2-6-11-19-12-10-18-14-7-3-4-8-15(14)19/h3-4,7-8,18H,2,5-6,9-12H2,1H3,(H2,16,17). The first-order valence-corrected chi connectivity index (χ1v) is 7.12. The minimum absolute atomic E-state index is 0.691. The molecule has 0 spiro atoms. The fourth-order valence-electron chi connectivity index (χ4n) is 2.42. The maximum Gasteiger partial charge on any atom is 0.0905 e. The number of hydrogen-bond donors (Lipinski definition) is 2. The van der Waals surface area contributed by atoms with Gasteiger partial charge in [-0.05, 0) is 38.3 Å². The number of nitrogens with one attached hydrogen (secondary N) is 1. The fourth-order valence-corrected chi connectivity index (χ4v) is 2.42. The Bertz CT molecular complexity index is 424. The van der Waals surface area contributed by atoms with Crippen LogP contribution in [0.4, 0.5) is 11.4 Å². The number of amidine groups is 1. The Morgan fingerprint density at radius 2 is 2.16 bits per heavy atom. The normalized spacial score (nSPS) is 15.0. The summed E-state index contributed by atoms with van der Waals surface area (Å²) >= 11 is 0. The Labute approximate surface area is 115 Å². The Kier molecular flexibility index (Phi) is 5.07. The third kappa shape index (κ3) is 4.16. The lowest BCUT2D eigenvalue weighted by Crippen LogP contribution is -2.34. The van der Waals surface area contributed by atoms with Crippen molar-refractivity contribution in [2.75, 3.05) is 36.4 Å². The molecule has 0 bridgehead atoms. The number of benzene rings is 1. The molecule has 104 valence electrons. The minimum atomic E-state index is 0.691. The molecule has 0 aromatic heterocycles. The quantitative estimate of drug-likeness (QED) is 0.469. The second-order valence-electron chi connectivity index (χ2n) is 5.01. The second kappa shape index (κ2) is 7.02. The average Bonchev–Trinajstić information content (AvgIpc) is 2.42. The van der Waals surface area contributed by atoms with Gasteiger partial charge in [0, 0.05) is 26.2 Å². The molecule has 2 rings (SSSR count). The summed E-state index contributed by atoms with van der Waals surface area (Å²) in [5, 5.41) is 3.44. The van der Waals surface area contributed by atoms with Gasteiger partial charge < -0.3 is 16.0 Å². The van der Waals surface area contributed by atoms with Gasteiger partial charge in [0.25, 0.3) is 0 Å². The summed E-state index contributed by atoms with van der Waals surface area (Å²) in [5.74, 6) is 0.691. The molecule has 0 aliphatic carbocycles. The average molecular weight is 260 g/mol. The molecule has 1 heterocycles. The van der Waals surface area contributed by atoms with Crippen LogP contribution in [0.5, 0.6) is 0 Å². The topological polar surface area (TPSA) is 53.6 Å². The maximum atomic E-state index is 5.51. The molecule has 1 aliphatic heterocycles. The van der Waals surface area contributed by atoms with Crippen molar-refractivity contribution in [3.05, 3.63) is 24.3 Å². The summed E-state index contributed by atoms with van der Waals surface area (Å²) in [7, 11) is 0. The molecule has 0 atom stereocenters. The molecular formula is C15H24N4. The van der Waals surface area contributed by atoms with E-state index in [2.05, 4.69) is 39.5 Å². The molecular weight excluding hydrogens is 236 g/mol. The van der Waals surface area contributed by atoms with Gasteiger partial charge in [0.2, 0.25) is 0 Å². The molecule has 1 aromatic rings. The van der Waals surface area contributed by atoms with Gasteiger partial charge in [0.05, 0.1) is 17.2 Å². The number of para-hydroxylation sites is 2. The lowest BCUT2D eigenvalue weighted by molar-refractivity contribution is 0.656. The van der Waals surface area contributed by atoms with Gasteiger partial charge in [-0.1, -0.05) is 12.1 Å². The number of rotatable bonds is 6. The van der Waals surface area contributed by atoms with E-state index >= 15 is 0 Å². The van der Waals surface area contributed by atoms with Crippen molar-refractivity contribution < 1.29 is 0 Å². The molecule has 1 aromatic carbocycles. The zero-order chi connectivity index (χ0) is 13.5. The lowest BCUT2D eigenvalue weighted by Gasteiger charge is -2.32. The minimum Gasteiger partial charge on any atom is -0.388 e. The molecule has 4 heteroatoms. The SMILES string of the molecule is CC(N)=NCCCCCN1CCNc2ccccc21. The molecule has 1 aliphatic rings. The highest BCUT2D eigenvalue weighted by atomic mass is 15.2. The van der Waals surface area contributed by atoms with Gasteiger partial charge >= 0.3 is 0 Å². The van der Waals surface area contributed by atoms with E-state index in [0.717, 1.165) is 32.6 Å². The van der Waals surface area contributed by atoms with Crippen LogP contribution in [0.3, 0.4) is 0 Å². The van der Waals surface area contributed by atoms with E-state index in [1.807, 2.05) is 6.92 Å². The lowest BCUT2D eigenvalue weighted by atomic mass is 10.1. The van der Waals surface area contributed by atoms with Gasteiger partial charge in [-0.3, -0.25) is 4.99 Å². The summed E-state index contributed by atoms with van der Waals surface area (Å²) in [6, 6.07) is 8.55. The van der Waals surface area contributed by atoms with Crippen LogP contribution in [-0.2, 0) is 0 Å². The van der Waals surface area contributed by atoms with Crippen molar-refractivity contribution in [2.24, 2.45) is 10.7 Å². The molecule has 0 radical (unpaired) electrons. The highest BCUT2D eigenvalue weighted by Gasteiger charge is 2.14. The zero-order valence-corrected chi connectivity index (χ0v) is 11.7. The maximum absolute atomic E-state index is 5.51. The van der Waals surface area contributed by atoms with E-state index in [1.54, 1.807) is 0 Å². The van der Waals surface area contributed by atoms with Crippen molar-refractivity contribution in [2.45, 2.75) is 26.2 Å². The number of unbranched alkanes of at least 4 members (excludes halogenated alkanes) is 2. The van der Waals surface area contributed by atoms with Gasteiger partial charge in [0.15, 0.2) is 0 Å². The molecule has 0 amide bonds. The number of hydrogen-bond acceptors (Lipinski definition) is 3. The van der Waals surface area contributed by atoms with Gasteiger partial charge in [-0.15, -0.1) is 0 Å². The van der Waals surface area contributed by atoms with Crippen LogP contribution < -0.4 is 16.0 Å². The van der Waals surface area contributed by atoms with E-state index in [9.17, 15) is 0 Å². The Morgan fingerprint density at radius 3 is 3.00 bits per heavy atom. The van der Waals surface area contributed by atoms with Gasteiger partial charge in [0.1, 0.15) is 0 Å². The fraction of sp³-hybridized carbons (Fsp3) is 0.533. The molecule has 3 N–H and O–H groups in total. The van der Waals surface area contributed by atoms with E-state index in [0.29, 0.717) is 5.84 Å².